The molecule has 0 spiro atoms. The summed E-state index contributed by atoms with van der Waals surface area (Å²) < 4.78 is 0. The molecule has 6 nitrogen and oxygen atoms in total. The first-order valence-corrected chi connectivity index (χ1v) is 9.80. The Labute approximate surface area is 162 Å². The van der Waals surface area contributed by atoms with Crippen LogP contribution in [0.25, 0.3) is 10.8 Å². The molecule has 28 heavy (non-hydrogen) atoms. The molecule has 1 aliphatic heterocycles. The maximum atomic E-state index is 12.9. The van der Waals surface area contributed by atoms with Gasteiger partial charge in [0.2, 0.25) is 5.56 Å². The molecule has 1 saturated heterocycles. The molecule has 0 bridgehead atoms. The lowest BCUT2D eigenvalue weighted by Crippen LogP contribution is -2.49. The topological polar surface area (TPSA) is 69.3 Å². The molecule has 1 amide bonds. The highest BCUT2D eigenvalue weighted by Gasteiger charge is 2.27. The lowest BCUT2D eigenvalue weighted by Gasteiger charge is -2.36. The summed E-state index contributed by atoms with van der Waals surface area (Å²) in [6, 6.07) is 11.5. The minimum absolute atomic E-state index is 0.0521. The standard InChI is InChI=1S/C22H22N4O2/c27-21-12-17(11-19(24-21)15-5-6-15)22(28)26-9-7-25(8-10-26)20-14-23-13-16-3-1-2-4-18(16)20/h1-4,11-15H,5-10H2,(H,24,27). The summed E-state index contributed by atoms with van der Waals surface area (Å²) in [6.45, 7) is 2.77. The van der Waals surface area contributed by atoms with Gasteiger partial charge in [-0.15, -0.1) is 0 Å². The van der Waals surface area contributed by atoms with Crippen LogP contribution >= 0.6 is 0 Å². The van der Waals surface area contributed by atoms with Gasteiger partial charge in [-0.1, -0.05) is 24.3 Å². The zero-order valence-corrected chi connectivity index (χ0v) is 15.6. The van der Waals surface area contributed by atoms with Crippen LogP contribution in [0.3, 0.4) is 0 Å². The van der Waals surface area contributed by atoms with Crippen molar-refractivity contribution in [1.29, 1.82) is 0 Å². The summed E-state index contributed by atoms with van der Waals surface area (Å²) in [6.07, 6.45) is 5.96. The summed E-state index contributed by atoms with van der Waals surface area (Å²) in [5.41, 5.74) is 2.33. The number of piperazine rings is 1. The van der Waals surface area contributed by atoms with Crippen molar-refractivity contribution in [2.45, 2.75) is 18.8 Å². The fourth-order valence-corrected chi connectivity index (χ4v) is 3.99. The van der Waals surface area contributed by atoms with Crippen LogP contribution in [0.15, 0.2) is 53.6 Å². The summed E-state index contributed by atoms with van der Waals surface area (Å²) in [7, 11) is 0. The van der Waals surface area contributed by atoms with E-state index in [9.17, 15) is 9.59 Å². The number of rotatable bonds is 3. The van der Waals surface area contributed by atoms with Crippen LogP contribution in [0.2, 0.25) is 0 Å². The maximum absolute atomic E-state index is 12.9. The molecule has 1 aromatic carbocycles. The number of nitrogens with zero attached hydrogens (tertiary/aromatic N) is 3. The van der Waals surface area contributed by atoms with Crippen molar-refractivity contribution in [2.75, 3.05) is 31.1 Å². The molecule has 3 heterocycles. The molecule has 142 valence electrons. The van der Waals surface area contributed by atoms with Crippen LogP contribution in [0.5, 0.6) is 0 Å². The number of carbonyl (C=O) groups excluding carboxylic acids is 1. The number of pyridine rings is 2. The molecule has 1 saturated carbocycles. The number of carbonyl (C=O) groups is 1. The van der Waals surface area contributed by atoms with Crippen molar-refractivity contribution in [1.82, 2.24) is 14.9 Å². The highest BCUT2D eigenvalue weighted by Crippen LogP contribution is 2.38. The fourth-order valence-electron chi connectivity index (χ4n) is 3.99. The van der Waals surface area contributed by atoms with E-state index in [2.05, 4.69) is 27.0 Å². The summed E-state index contributed by atoms with van der Waals surface area (Å²) in [5.74, 6) is 0.361. The first-order chi connectivity index (χ1) is 13.7. The zero-order valence-electron chi connectivity index (χ0n) is 15.6. The third-order valence-corrected chi connectivity index (χ3v) is 5.68. The summed E-state index contributed by atoms with van der Waals surface area (Å²) in [4.78, 5) is 36.3. The van der Waals surface area contributed by atoms with Gasteiger partial charge in [-0.25, -0.2) is 0 Å². The highest BCUT2D eigenvalue weighted by molar-refractivity contribution is 5.95. The third-order valence-electron chi connectivity index (χ3n) is 5.68. The van der Waals surface area contributed by atoms with Gasteiger partial charge in [0.25, 0.3) is 5.91 Å². The minimum Gasteiger partial charge on any atom is -0.366 e. The summed E-state index contributed by atoms with van der Waals surface area (Å²) >= 11 is 0. The van der Waals surface area contributed by atoms with Crippen LogP contribution in [-0.4, -0.2) is 47.0 Å². The number of nitrogens with one attached hydrogen (secondary N) is 1. The van der Waals surface area contributed by atoms with Crippen molar-refractivity contribution >= 4 is 22.4 Å². The molecule has 1 aliphatic carbocycles. The number of aromatic amines is 1. The number of H-pyrrole nitrogens is 1. The predicted octanol–water partition coefficient (Wildman–Crippen LogP) is 2.76. The second-order valence-corrected chi connectivity index (χ2v) is 7.62. The van der Waals surface area contributed by atoms with E-state index in [1.807, 2.05) is 35.5 Å². The van der Waals surface area contributed by atoms with E-state index in [4.69, 9.17) is 0 Å². The number of anilines is 1. The Balaban J connectivity index is 1.33. The van der Waals surface area contributed by atoms with Gasteiger partial charge in [-0.3, -0.25) is 14.6 Å². The van der Waals surface area contributed by atoms with E-state index in [0.29, 0.717) is 24.6 Å². The number of hydrogen-bond acceptors (Lipinski definition) is 4. The Kier molecular flexibility index (Phi) is 4.11. The molecule has 6 heteroatoms. The molecule has 0 atom stereocenters. The normalized spacial score (nSPS) is 17.1. The molecular weight excluding hydrogens is 352 g/mol. The van der Waals surface area contributed by atoms with E-state index in [-0.39, 0.29) is 11.5 Å². The van der Waals surface area contributed by atoms with E-state index >= 15 is 0 Å². The quantitative estimate of drug-likeness (QED) is 0.765. The lowest BCUT2D eigenvalue weighted by atomic mass is 10.1. The average molecular weight is 374 g/mol. The first kappa shape index (κ1) is 17.0. The Morgan fingerprint density at radius 3 is 2.61 bits per heavy atom. The van der Waals surface area contributed by atoms with Crippen molar-refractivity contribution in [3.05, 3.63) is 70.4 Å². The largest absolute Gasteiger partial charge is 0.366 e. The Bertz CT molecular complexity index is 1090. The Morgan fingerprint density at radius 1 is 1.04 bits per heavy atom. The Morgan fingerprint density at radius 2 is 1.82 bits per heavy atom. The molecule has 2 fully saturated rings. The molecule has 1 N–H and O–H groups in total. The minimum atomic E-state index is -0.187. The van der Waals surface area contributed by atoms with Gasteiger partial charge < -0.3 is 14.8 Å². The predicted molar refractivity (Wildman–Crippen MR) is 109 cm³/mol. The SMILES string of the molecule is O=C(c1cc(C2CC2)[nH]c(=O)c1)N1CCN(c2cncc3ccccc23)CC1. The monoisotopic (exact) mass is 374 g/mol. The lowest BCUT2D eigenvalue weighted by molar-refractivity contribution is 0.0746. The zero-order chi connectivity index (χ0) is 19.1. The second kappa shape index (κ2) is 6.78. The molecule has 0 unspecified atom stereocenters. The summed E-state index contributed by atoms with van der Waals surface area (Å²) in [5, 5.41) is 2.30. The van der Waals surface area contributed by atoms with E-state index in [1.54, 1.807) is 0 Å². The fraction of sp³-hybridized carbons (Fsp3) is 0.318. The number of fused-ring (bicyclic) bond motifs is 1. The van der Waals surface area contributed by atoms with Crippen LogP contribution in [-0.2, 0) is 0 Å². The van der Waals surface area contributed by atoms with Crippen LogP contribution in [0.4, 0.5) is 5.69 Å². The number of benzene rings is 1. The van der Waals surface area contributed by atoms with E-state index in [0.717, 1.165) is 42.7 Å². The molecule has 3 aromatic rings. The third kappa shape index (κ3) is 3.15. The maximum Gasteiger partial charge on any atom is 0.254 e. The number of amides is 1. The van der Waals surface area contributed by atoms with Crippen LogP contribution < -0.4 is 10.5 Å². The van der Waals surface area contributed by atoms with Crippen LogP contribution in [0, 0.1) is 0 Å². The Hall–Kier alpha value is -3.15. The van der Waals surface area contributed by atoms with Gasteiger partial charge in [0.1, 0.15) is 0 Å². The first-order valence-electron chi connectivity index (χ1n) is 9.80. The van der Waals surface area contributed by atoms with Gasteiger partial charge in [-0.2, -0.15) is 0 Å². The highest BCUT2D eigenvalue weighted by atomic mass is 16.2. The van der Waals surface area contributed by atoms with Gasteiger partial charge in [0.05, 0.1) is 11.9 Å². The molecule has 2 aromatic heterocycles. The van der Waals surface area contributed by atoms with Crippen molar-refractivity contribution in [3.63, 3.8) is 0 Å². The van der Waals surface area contributed by atoms with E-state index in [1.165, 1.54) is 11.5 Å². The van der Waals surface area contributed by atoms with Crippen LogP contribution in [0.1, 0.15) is 34.8 Å². The van der Waals surface area contributed by atoms with Gasteiger partial charge in [0, 0.05) is 60.5 Å². The average Bonchev–Trinajstić information content (AvgIpc) is 3.58. The van der Waals surface area contributed by atoms with Crippen molar-refractivity contribution in [3.8, 4) is 0 Å². The molecule has 5 rings (SSSR count). The van der Waals surface area contributed by atoms with Crippen molar-refractivity contribution in [2.24, 2.45) is 0 Å². The molecule has 2 aliphatic rings. The van der Waals surface area contributed by atoms with Crippen molar-refractivity contribution < 1.29 is 4.79 Å². The number of aromatic nitrogens is 2. The molecular formula is C22H22N4O2. The number of hydrogen-bond donors (Lipinski definition) is 1. The second-order valence-electron chi connectivity index (χ2n) is 7.62. The smallest absolute Gasteiger partial charge is 0.254 e. The van der Waals surface area contributed by atoms with Gasteiger partial charge in [0.15, 0.2) is 0 Å². The van der Waals surface area contributed by atoms with Gasteiger partial charge >= 0.3 is 0 Å². The van der Waals surface area contributed by atoms with Gasteiger partial charge in [-0.05, 0) is 24.8 Å². The molecule has 0 radical (unpaired) electrons. The van der Waals surface area contributed by atoms with E-state index < -0.39 is 0 Å².